The lowest BCUT2D eigenvalue weighted by molar-refractivity contribution is 0.548. The first kappa shape index (κ1) is 15.4. The van der Waals surface area contributed by atoms with Gasteiger partial charge in [0, 0.05) is 21.2 Å². The normalized spacial score (nSPS) is 13.9. The third-order valence-corrected chi connectivity index (χ3v) is 4.63. The first-order valence-corrected chi connectivity index (χ1v) is 8.17. The summed E-state index contributed by atoms with van der Waals surface area (Å²) in [5.74, 6) is 0. The zero-order chi connectivity index (χ0) is 14.4. The topological polar surface area (TPSA) is 12.0 Å². The summed E-state index contributed by atoms with van der Waals surface area (Å²) in [6, 6.07) is 19.0. The second-order valence-electron chi connectivity index (χ2n) is 4.72. The third-order valence-electron chi connectivity index (χ3n) is 3.19. The average Bonchev–Trinajstić information content (AvgIpc) is 2.48. The zero-order valence-corrected chi connectivity index (χ0v) is 13.4. The van der Waals surface area contributed by atoms with Crippen LogP contribution < -0.4 is 5.32 Å². The summed E-state index contributed by atoms with van der Waals surface area (Å²) in [7, 11) is 0. The zero-order valence-electron chi connectivity index (χ0n) is 11.8. The highest BCUT2D eigenvalue weighted by Gasteiger charge is 2.19. The van der Waals surface area contributed by atoms with Gasteiger partial charge < -0.3 is 5.32 Å². The second kappa shape index (κ2) is 7.72. The van der Waals surface area contributed by atoms with Crippen LogP contribution in [0.25, 0.3) is 0 Å². The van der Waals surface area contributed by atoms with Gasteiger partial charge in [0.15, 0.2) is 0 Å². The first-order chi connectivity index (χ1) is 9.70. The summed E-state index contributed by atoms with van der Waals surface area (Å²) < 4.78 is 0. The van der Waals surface area contributed by atoms with Gasteiger partial charge in [-0.15, -0.1) is 11.8 Å². The van der Waals surface area contributed by atoms with Crippen LogP contribution in [-0.2, 0) is 0 Å². The highest BCUT2D eigenvalue weighted by Crippen LogP contribution is 2.32. The van der Waals surface area contributed by atoms with Crippen LogP contribution in [-0.4, -0.2) is 11.8 Å². The van der Waals surface area contributed by atoms with E-state index in [1.807, 2.05) is 23.9 Å². The van der Waals surface area contributed by atoms with Gasteiger partial charge in [-0.05, 0) is 36.4 Å². The van der Waals surface area contributed by atoms with Gasteiger partial charge in [-0.3, -0.25) is 0 Å². The maximum absolute atomic E-state index is 5.93. The molecule has 0 aromatic heterocycles. The Morgan fingerprint density at radius 1 is 1.05 bits per heavy atom. The van der Waals surface area contributed by atoms with Gasteiger partial charge >= 0.3 is 0 Å². The third kappa shape index (κ3) is 4.27. The van der Waals surface area contributed by atoms with E-state index in [4.69, 9.17) is 11.6 Å². The van der Waals surface area contributed by atoms with Crippen molar-refractivity contribution >= 4 is 23.4 Å². The van der Waals surface area contributed by atoms with E-state index in [-0.39, 0.29) is 0 Å². The summed E-state index contributed by atoms with van der Waals surface area (Å²) in [6.07, 6.45) is 0. The Bertz CT molecular complexity index is 512. The fraction of sp³-hybridized carbons (Fsp3) is 0.294. The van der Waals surface area contributed by atoms with E-state index in [1.54, 1.807) is 0 Å². The van der Waals surface area contributed by atoms with Crippen molar-refractivity contribution in [3.8, 4) is 0 Å². The molecule has 0 heterocycles. The van der Waals surface area contributed by atoms with Gasteiger partial charge in [0.2, 0.25) is 0 Å². The molecular weight excluding hydrogens is 286 g/mol. The molecule has 1 nitrogen and oxygen atoms in total. The van der Waals surface area contributed by atoms with Crippen LogP contribution in [0.5, 0.6) is 0 Å². The number of hydrogen-bond acceptors (Lipinski definition) is 2. The molecule has 0 saturated heterocycles. The van der Waals surface area contributed by atoms with Gasteiger partial charge in [-0.2, -0.15) is 0 Å². The molecule has 20 heavy (non-hydrogen) atoms. The van der Waals surface area contributed by atoms with E-state index < -0.39 is 0 Å². The van der Waals surface area contributed by atoms with Crippen molar-refractivity contribution in [2.24, 2.45) is 0 Å². The number of halogens is 1. The summed E-state index contributed by atoms with van der Waals surface area (Å²) >= 11 is 7.81. The molecule has 106 valence electrons. The lowest BCUT2D eigenvalue weighted by Crippen LogP contribution is -2.28. The maximum atomic E-state index is 5.93. The Labute approximate surface area is 130 Å². The molecule has 0 bridgehead atoms. The Morgan fingerprint density at radius 3 is 2.30 bits per heavy atom. The van der Waals surface area contributed by atoms with Crippen LogP contribution in [0, 0.1) is 0 Å². The van der Waals surface area contributed by atoms with Crippen molar-refractivity contribution in [1.29, 1.82) is 0 Å². The van der Waals surface area contributed by atoms with E-state index in [0.717, 1.165) is 11.6 Å². The Hall–Kier alpha value is -0.960. The van der Waals surface area contributed by atoms with Crippen LogP contribution in [0.4, 0.5) is 0 Å². The van der Waals surface area contributed by atoms with Gasteiger partial charge in [0.25, 0.3) is 0 Å². The van der Waals surface area contributed by atoms with Crippen molar-refractivity contribution < 1.29 is 0 Å². The van der Waals surface area contributed by atoms with E-state index in [2.05, 4.69) is 61.6 Å². The van der Waals surface area contributed by atoms with Crippen molar-refractivity contribution in [3.63, 3.8) is 0 Å². The SMILES string of the molecule is CCNC(c1ccccc1)C(C)Sc1ccc(Cl)cc1. The van der Waals surface area contributed by atoms with E-state index in [9.17, 15) is 0 Å². The fourth-order valence-electron chi connectivity index (χ4n) is 2.23. The minimum Gasteiger partial charge on any atom is -0.309 e. The Balaban J connectivity index is 2.11. The summed E-state index contributed by atoms with van der Waals surface area (Å²) in [4.78, 5) is 1.25. The van der Waals surface area contributed by atoms with E-state index in [0.29, 0.717) is 11.3 Å². The molecule has 0 aliphatic rings. The molecule has 0 aliphatic carbocycles. The summed E-state index contributed by atoms with van der Waals surface area (Å²) in [5.41, 5.74) is 1.34. The molecule has 3 heteroatoms. The minimum atomic E-state index is 0.349. The Kier molecular flexibility index (Phi) is 5.96. The minimum absolute atomic E-state index is 0.349. The van der Waals surface area contributed by atoms with Gasteiger partial charge in [-0.1, -0.05) is 55.8 Å². The monoisotopic (exact) mass is 305 g/mol. The van der Waals surface area contributed by atoms with Crippen molar-refractivity contribution in [2.75, 3.05) is 6.54 Å². The molecule has 0 spiro atoms. The Morgan fingerprint density at radius 2 is 1.70 bits per heavy atom. The first-order valence-electron chi connectivity index (χ1n) is 6.91. The molecule has 1 N–H and O–H groups in total. The van der Waals surface area contributed by atoms with Crippen molar-refractivity contribution in [3.05, 3.63) is 65.2 Å². The molecule has 0 amide bonds. The fourth-order valence-corrected chi connectivity index (χ4v) is 3.47. The largest absolute Gasteiger partial charge is 0.309 e. The standard InChI is InChI=1S/C17H20ClNS/c1-3-19-17(14-7-5-4-6-8-14)13(2)20-16-11-9-15(18)10-12-16/h4-13,17,19H,3H2,1-2H3. The molecule has 2 aromatic rings. The van der Waals surface area contributed by atoms with Crippen molar-refractivity contribution in [1.82, 2.24) is 5.32 Å². The highest BCUT2D eigenvalue weighted by molar-refractivity contribution is 8.00. The molecular formula is C17H20ClNS. The summed E-state index contributed by atoms with van der Waals surface area (Å²) in [5, 5.41) is 4.81. The predicted molar refractivity (Wildman–Crippen MR) is 89.6 cm³/mol. The molecule has 2 atom stereocenters. The predicted octanol–water partition coefficient (Wildman–Crippen LogP) is 5.17. The maximum Gasteiger partial charge on any atom is 0.0441 e. The molecule has 0 radical (unpaired) electrons. The lowest BCUT2D eigenvalue weighted by atomic mass is 10.0. The molecule has 2 unspecified atom stereocenters. The molecule has 2 rings (SSSR count). The number of thioether (sulfide) groups is 1. The van der Waals surface area contributed by atoms with Crippen LogP contribution >= 0.6 is 23.4 Å². The summed E-state index contributed by atoms with van der Waals surface area (Å²) in [6.45, 7) is 5.38. The lowest BCUT2D eigenvalue weighted by Gasteiger charge is -2.25. The molecule has 0 fully saturated rings. The van der Waals surface area contributed by atoms with Gasteiger partial charge in [0.1, 0.15) is 0 Å². The number of benzene rings is 2. The van der Waals surface area contributed by atoms with Crippen LogP contribution in [0.1, 0.15) is 25.5 Å². The van der Waals surface area contributed by atoms with Crippen LogP contribution in [0.3, 0.4) is 0 Å². The number of nitrogens with one attached hydrogen (secondary N) is 1. The van der Waals surface area contributed by atoms with Crippen LogP contribution in [0.2, 0.25) is 5.02 Å². The number of hydrogen-bond donors (Lipinski definition) is 1. The molecule has 0 saturated carbocycles. The smallest absolute Gasteiger partial charge is 0.0441 e. The number of rotatable bonds is 6. The second-order valence-corrected chi connectivity index (χ2v) is 6.61. The van der Waals surface area contributed by atoms with Crippen LogP contribution in [0.15, 0.2) is 59.5 Å². The van der Waals surface area contributed by atoms with Crippen molar-refractivity contribution in [2.45, 2.75) is 30.0 Å². The van der Waals surface area contributed by atoms with Gasteiger partial charge in [-0.25, -0.2) is 0 Å². The molecule has 2 aromatic carbocycles. The molecule has 0 aliphatic heterocycles. The van der Waals surface area contributed by atoms with E-state index >= 15 is 0 Å². The van der Waals surface area contributed by atoms with Gasteiger partial charge in [0.05, 0.1) is 0 Å². The highest BCUT2D eigenvalue weighted by atomic mass is 35.5. The average molecular weight is 306 g/mol. The quantitative estimate of drug-likeness (QED) is 0.739. The van der Waals surface area contributed by atoms with E-state index in [1.165, 1.54) is 10.5 Å².